The van der Waals surface area contributed by atoms with Crippen LogP contribution in [0.15, 0.2) is 72.1 Å². The van der Waals surface area contributed by atoms with Gasteiger partial charge in [-0.25, -0.2) is 19.4 Å². The molecule has 0 radical (unpaired) electrons. The van der Waals surface area contributed by atoms with Crippen LogP contribution in [0, 0.1) is 11.2 Å². The second-order valence-electron chi connectivity index (χ2n) is 8.88. The summed E-state index contributed by atoms with van der Waals surface area (Å²) in [5.41, 5.74) is 3.03. The van der Waals surface area contributed by atoms with Gasteiger partial charge in [0.2, 0.25) is 5.96 Å². The maximum atomic E-state index is 13.4. The van der Waals surface area contributed by atoms with Crippen LogP contribution in [0.4, 0.5) is 15.9 Å². The van der Waals surface area contributed by atoms with E-state index in [0.29, 0.717) is 54.4 Å². The molecule has 0 atom stereocenters. The van der Waals surface area contributed by atoms with E-state index < -0.39 is 0 Å². The van der Waals surface area contributed by atoms with E-state index in [1.807, 2.05) is 29.2 Å². The first-order valence-electron chi connectivity index (χ1n) is 12.3. The number of morpholine rings is 1. The number of nitrogens with one attached hydrogen (secondary N) is 2. The van der Waals surface area contributed by atoms with Gasteiger partial charge in [-0.15, -0.1) is 0 Å². The number of hydrazone groups is 1. The average molecular weight is 548 g/mol. The van der Waals surface area contributed by atoms with Crippen LogP contribution in [0.1, 0.15) is 11.1 Å². The van der Waals surface area contributed by atoms with Crippen LogP contribution in [0.3, 0.4) is 0 Å². The lowest BCUT2D eigenvalue weighted by Crippen LogP contribution is -2.45. The summed E-state index contributed by atoms with van der Waals surface area (Å²) < 4.78 is 24.6. The number of anilines is 2. The molecule has 1 aliphatic rings. The van der Waals surface area contributed by atoms with Crippen molar-refractivity contribution in [3.63, 3.8) is 0 Å². The Morgan fingerprint density at radius 2 is 2.03 bits per heavy atom. The minimum Gasteiger partial charge on any atom is -0.487 e. The third-order valence-electron chi connectivity index (χ3n) is 6.13. The largest absolute Gasteiger partial charge is 0.487 e. The van der Waals surface area contributed by atoms with E-state index in [-0.39, 0.29) is 12.4 Å². The van der Waals surface area contributed by atoms with Gasteiger partial charge in [0.15, 0.2) is 0 Å². The zero-order valence-electron chi connectivity index (χ0n) is 21.3. The molecule has 1 fully saturated rings. The van der Waals surface area contributed by atoms with Crippen LogP contribution in [-0.2, 0) is 11.3 Å². The van der Waals surface area contributed by atoms with E-state index in [4.69, 9.17) is 26.5 Å². The van der Waals surface area contributed by atoms with Gasteiger partial charge in [-0.2, -0.15) is 5.10 Å². The zero-order chi connectivity index (χ0) is 27.2. The van der Waals surface area contributed by atoms with E-state index >= 15 is 0 Å². The van der Waals surface area contributed by atoms with Crippen molar-refractivity contribution < 1.29 is 13.9 Å². The summed E-state index contributed by atoms with van der Waals surface area (Å²) in [4.78, 5) is 10.7. The van der Waals surface area contributed by atoms with Gasteiger partial charge in [0, 0.05) is 31.2 Å². The molecule has 0 saturated carbocycles. The number of hydrogen-bond acceptors (Lipinski definition) is 7. The maximum absolute atomic E-state index is 13.4. The molecule has 11 heteroatoms. The standard InChI is InChI=1S/C28H27ClFN7O2/c1-36(28(31)37-9-11-38-12-10-37)34-16-19-5-7-25-23(14-19)27(33-18-32-25)35-22-6-8-26(24(29)15-22)39-17-20-3-2-4-21(30)13-20/h2-8,13-16,18,31H,9-12,17H2,1H3,(H,32,33,35)/b31-28?,34-16+. The smallest absolute Gasteiger partial charge is 0.214 e. The van der Waals surface area contributed by atoms with E-state index in [9.17, 15) is 4.39 Å². The topological polar surface area (TPSA) is 99.0 Å². The van der Waals surface area contributed by atoms with Crippen molar-refractivity contribution in [2.24, 2.45) is 5.10 Å². The lowest BCUT2D eigenvalue weighted by molar-refractivity contribution is 0.0627. The molecular weight excluding hydrogens is 521 g/mol. The first-order chi connectivity index (χ1) is 19.0. The normalized spacial score (nSPS) is 13.6. The van der Waals surface area contributed by atoms with Gasteiger partial charge >= 0.3 is 0 Å². The Bertz CT molecular complexity index is 1510. The summed E-state index contributed by atoms with van der Waals surface area (Å²) >= 11 is 6.47. The van der Waals surface area contributed by atoms with Gasteiger partial charge in [0.25, 0.3) is 0 Å². The fourth-order valence-corrected chi connectivity index (χ4v) is 4.30. The van der Waals surface area contributed by atoms with Crippen LogP contribution >= 0.6 is 11.6 Å². The number of nitrogens with zero attached hydrogens (tertiary/aromatic N) is 5. The molecule has 1 aliphatic heterocycles. The molecule has 1 saturated heterocycles. The van der Waals surface area contributed by atoms with Crippen LogP contribution in [0.5, 0.6) is 5.75 Å². The summed E-state index contributed by atoms with van der Waals surface area (Å²) in [6.07, 6.45) is 3.20. The van der Waals surface area contributed by atoms with Gasteiger partial charge < -0.3 is 19.7 Å². The number of benzene rings is 3. The molecule has 200 valence electrons. The fourth-order valence-electron chi connectivity index (χ4n) is 4.06. The molecule has 3 aromatic carbocycles. The molecule has 0 spiro atoms. The summed E-state index contributed by atoms with van der Waals surface area (Å²) in [6, 6.07) is 17.3. The van der Waals surface area contributed by atoms with E-state index in [1.54, 1.807) is 37.5 Å². The number of halogens is 2. The van der Waals surface area contributed by atoms with Crippen molar-refractivity contribution in [1.29, 1.82) is 5.41 Å². The highest BCUT2D eigenvalue weighted by atomic mass is 35.5. The highest BCUT2D eigenvalue weighted by Gasteiger charge is 2.16. The lowest BCUT2D eigenvalue weighted by atomic mass is 10.1. The van der Waals surface area contributed by atoms with Crippen LogP contribution in [0.25, 0.3) is 10.9 Å². The Morgan fingerprint density at radius 3 is 2.82 bits per heavy atom. The van der Waals surface area contributed by atoms with E-state index in [1.165, 1.54) is 23.5 Å². The van der Waals surface area contributed by atoms with E-state index in [2.05, 4.69) is 20.4 Å². The van der Waals surface area contributed by atoms with Crippen LogP contribution < -0.4 is 10.1 Å². The average Bonchev–Trinajstić information content (AvgIpc) is 2.96. The first kappa shape index (κ1) is 26.3. The van der Waals surface area contributed by atoms with Crippen molar-refractivity contribution in [3.05, 3.63) is 89.0 Å². The van der Waals surface area contributed by atoms with Crippen molar-refractivity contribution in [2.45, 2.75) is 6.61 Å². The Hall–Kier alpha value is -4.28. The van der Waals surface area contributed by atoms with Gasteiger partial charge in [-0.05, 0) is 53.6 Å². The van der Waals surface area contributed by atoms with Gasteiger partial charge in [0.1, 0.15) is 30.3 Å². The molecule has 0 amide bonds. The summed E-state index contributed by atoms with van der Waals surface area (Å²) in [5.74, 6) is 1.10. The molecule has 0 bridgehead atoms. The summed E-state index contributed by atoms with van der Waals surface area (Å²) in [7, 11) is 1.75. The highest BCUT2D eigenvalue weighted by Crippen LogP contribution is 2.31. The monoisotopic (exact) mass is 547 g/mol. The Balaban J connectivity index is 1.29. The first-order valence-corrected chi connectivity index (χ1v) is 12.7. The summed E-state index contributed by atoms with van der Waals surface area (Å²) in [6.45, 7) is 2.76. The Morgan fingerprint density at radius 1 is 1.18 bits per heavy atom. The molecule has 0 unspecified atom stereocenters. The number of fused-ring (bicyclic) bond motifs is 1. The van der Waals surface area contributed by atoms with Crippen molar-refractivity contribution in [2.75, 3.05) is 38.7 Å². The third-order valence-corrected chi connectivity index (χ3v) is 6.43. The van der Waals surface area contributed by atoms with Crippen LogP contribution in [0.2, 0.25) is 5.02 Å². The van der Waals surface area contributed by atoms with E-state index in [0.717, 1.165) is 22.2 Å². The third kappa shape index (κ3) is 6.60. The van der Waals surface area contributed by atoms with Crippen LogP contribution in [-0.4, -0.2) is 65.4 Å². The molecule has 39 heavy (non-hydrogen) atoms. The number of ether oxygens (including phenoxy) is 2. The molecule has 1 aromatic heterocycles. The second-order valence-corrected chi connectivity index (χ2v) is 9.29. The SMILES string of the molecule is CN(/N=C/c1ccc2ncnc(Nc3ccc(OCc4cccc(F)c4)c(Cl)c3)c2c1)C(=N)N1CCOCC1. The van der Waals surface area contributed by atoms with Gasteiger partial charge in [0.05, 0.1) is 30.0 Å². The lowest BCUT2D eigenvalue weighted by Gasteiger charge is -2.31. The predicted octanol–water partition coefficient (Wildman–Crippen LogP) is 5.28. The Kier molecular flexibility index (Phi) is 8.14. The number of hydrogen-bond donors (Lipinski definition) is 2. The molecule has 2 N–H and O–H groups in total. The van der Waals surface area contributed by atoms with Crippen molar-refractivity contribution in [3.8, 4) is 5.75 Å². The fraction of sp³-hybridized carbons (Fsp3) is 0.214. The molecule has 5 rings (SSSR count). The molecule has 9 nitrogen and oxygen atoms in total. The Labute approximate surface area is 230 Å². The molecular formula is C28H27ClFN7O2. The minimum atomic E-state index is -0.312. The molecule has 0 aliphatic carbocycles. The van der Waals surface area contributed by atoms with Crippen molar-refractivity contribution >= 4 is 46.2 Å². The maximum Gasteiger partial charge on any atom is 0.214 e. The zero-order valence-corrected chi connectivity index (χ0v) is 22.0. The highest BCUT2D eigenvalue weighted by molar-refractivity contribution is 6.32. The quantitative estimate of drug-likeness (QED) is 0.184. The summed E-state index contributed by atoms with van der Waals surface area (Å²) in [5, 5.41) is 18.9. The number of rotatable bonds is 7. The number of aromatic nitrogens is 2. The second kappa shape index (κ2) is 12.1. The van der Waals surface area contributed by atoms with Gasteiger partial charge in [-0.1, -0.05) is 29.8 Å². The van der Waals surface area contributed by atoms with Gasteiger partial charge in [-0.3, -0.25) is 5.41 Å². The van der Waals surface area contributed by atoms with Crippen molar-refractivity contribution in [1.82, 2.24) is 19.9 Å². The molecule has 4 aromatic rings. The minimum absolute atomic E-state index is 0.201. The number of guanidine groups is 1. The predicted molar refractivity (Wildman–Crippen MR) is 150 cm³/mol. The molecule has 2 heterocycles.